The molecule has 0 atom stereocenters. The van der Waals surface area contributed by atoms with E-state index in [1.807, 2.05) is 12.1 Å². The Labute approximate surface area is 133 Å². The van der Waals surface area contributed by atoms with E-state index in [2.05, 4.69) is 4.99 Å². The fourth-order valence-corrected chi connectivity index (χ4v) is 2.44. The summed E-state index contributed by atoms with van der Waals surface area (Å²) >= 11 is 0. The van der Waals surface area contributed by atoms with Gasteiger partial charge in [0.2, 0.25) is 0 Å². The van der Waals surface area contributed by atoms with Crippen LogP contribution in [0.2, 0.25) is 0 Å². The number of fused-ring (bicyclic) bond motifs is 1. The van der Waals surface area contributed by atoms with E-state index in [-0.39, 0.29) is 17.9 Å². The minimum Gasteiger partial charge on any atom is -0.505 e. The van der Waals surface area contributed by atoms with Gasteiger partial charge in [-0.3, -0.25) is 0 Å². The molecule has 120 valence electrons. The molecule has 2 aliphatic heterocycles. The summed E-state index contributed by atoms with van der Waals surface area (Å²) in [5.74, 6) is 0.600. The number of rotatable bonds is 3. The van der Waals surface area contributed by atoms with E-state index >= 15 is 0 Å². The molecule has 6 nitrogen and oxygen atoms in total. The maximum Gasteiger partial charge on any atom is 0.343 e. The summed E-state index contributed by atoms with van der Waals surface area (Å²) in [6.45, 7) is 4.64. The fourth-order valence-electron chi connectivity index (χ4n) is 2.44. The van der Waals surface area contributed by atoms with Crippen molar-refractivity contribution in [3.8, 4) is 11.5 Å². The van der Waals surface area contributed by atoms with E-state index in [4.69, 9.17) is 14.2 Å². The van der Waals surface area contributed by atoms with Gasteiger partial charge in [0, 0.05) is 0 Å². The molecule has 0 saturated carbocycles. The summed E-state index contributed by atoms with van der Waals surface area (Å²) in [7, 11) is 0. The van der Waals surface area contributed by atoms with E-state index in [0.29, 0.717) is 36.1 Å². The van der Waals surface area contributed by atoms with Crippen molar-refractivity contribution in [2.75, 3.05) is 19.8 Å². The lowest BCUT2D eigenvalue weighted by Gasteiger charge is -2.18. The zero-order valence-corrected chi connectivity index (χ0v) is 13.0. The smallest absolute Gasteiger partial charge is 0.343 e. The molecule has 0 bridgehead atoms. The summed E-state index contributed by atoms with van der Waals surface area (Å²) < 4.78 is 15.9. The minimum absolute atomic E-state index is 0.107. The molecule has 1 aromatic carbocycles. The Morgan fingerprint density at radius 2 is 2.09 bits per heavy atom. The van der Waals surface area contributed by atoms with Crippen molar-refractivity contribution in [2.45, 2.75) is 13.8 Å². The van der Waals surface area contributed by atoms with E-state index in [0.717, 1.165) is 5.56 Å². The topological polar surface area (TPSA) is 77.4 Å². The van der Waals surface area contributed by atoms with Gasteiger partial charge in [-0.25, -0.2) is 9.79 Å². The van der Waals surface area contributed by atoms with Gasteiger partial charge in [0.05, 0.1) is 12.3 Å². The molecule has 1 aromatic rings. The second-order valence-electron chi connectivity index (χ2n) is 5.07. The molecule has 23 heavy (non-hydrogen) atoms. The molecule has 0 aromatic heterocycles. The van der Waals surface area contributed by atoms with Crippen LogP contribution in [0.4, 0.5) is 0 Å². The van der Waals surface area contributed by atoms with Crippen LogP contribution in [-0.4, -0.2) is 36.6 Å². The number of carbonyl (C=O) groups excluding carboxylic acids is 1. The Morgan fingerprint density at radius 3 is 2.83 bits per heavy atom. The van der Waals surface area contributed by atoms with Crippen molar-refractivity contribution in [2.24, 2.45) is 4.99 Å². The summed E-state index contributed by atoms with van der Waals surface area (Å²) in [5.41, 5.74) is 1.65. The maximum absolute atomic E-state index is 11.9. The van der Waals surface area contributed by atoms with E-state index in [9.17, 15) is 9.90 Å². The lowest BCUT2D eigenvalue weighted by molar-refractivity contribution is -0.138. The highest BCUT2D eigenvalue weighted by molar-refractivity contribution is 6.22. The third-order valence-corrected chi connectivity index (χ3v) is 3.48. The first-order valence-corrected chi connectivity index (χ1v) is 7.38. The van der Waals surface area contributed by atoms with Gasteiger partial charge in [-0.1, -0.05) is 6.07 Å². The van der Waals surface area contributed by atoms with Crippen LogP contribution in [0, 0.1) is 0 Å². The van der Waals surface area contributed by atoms with Gasteiger partial charge in [0.15, 0.2) is 17.3 Å². The molecule has 2 heterocycles. The number of hydrogen-bond acceptors (Lipinski definition) is 6. The van der Waals surface area contributed by atoms with Crippen molar-refractivity contribution >= 4 is 17.8 Å². The van der Waals surface area contributed by atoms with Crippen molar-refractivity contribution in [3.05, 3.63) is 40.8 Å². The highest BCUT2D eigenvalue weighted by Gasteiger charge is 2.27. The minimum atomic E-state index is -0.572. The Morgan fingerprint density at radius 1 is 1.35 bits per heavy atom. The largest absolute Gasteiger partial charge is 0.505 e. The monoisotopic (exact) mass is 315 g/mol. The van der Waals surface area contributed by atoms with Gasteiger partial charge in [0.1, 0.15) is 24.5 Å². The normalized spacial score (nSPS) is 18.2. The first kappa shape index (κ1) is 15.1. The lowest BCUT2D eigenvalue weighted by Crippen LogP contribution is -2.15. The maximum atomic E-state index is 11.9. The van der Waals surface area contributed by atoms with Crippen LogP contribution in [-0.2, 0) is 9.53 Å². The number of hydrogen-bond donors (Lipinski definition) is 1. The highest BCUT2D eigenvalue weighted by atomic mass is 16.6. The molecular weight excluding hydrogens is 298 g/mol. The summed E-state index contributed by atoms with van der Waals surface area (Å²) in [6, 6.07) is 5.45. The third-order valence-electron chi connectivity index (χ3n) is 3.48. The van der Waals surface area contributed by atoms with E-state index in [1.54, 1.807) is 26.0 Å². The van der Waals surface area contributed by atoms with Crippen LogP contribution < -0.4 is 9.47 Å². The fraction of sp³-hybridized carbons (Fsp3) is 0.294. The van der Waals surface area contributed by atoms with E-state index < -0.39 is 5.97 Å². The van der Waals surface area contributed by atoms with Crippen LogP contribution in [0.3, 0.4) is 0 Å². The number of ether oxygens (including phenoxy) is 3. The van der Waals surface area contributed by atoms with Gasteiger partial charge >= 0.3 is 5.97 Å². The number of aliphatic hydroxyl groups excluding tert-OH is 1. The SMILES string of the molecule is CCOC(=O)C1=C(O)/C(=C\c2ccc3c(c2)OCCO3)N=C1C. The van der Waals surface area contributed by atoms with Crippen molar-refractivity contribution < 1.29 is 24.1 Å². The predicted molar refractivity (Wildman–Crippen MR) is 84.8 cm³/mol. The molecule has 2 aliphatic rings. The van der Waals surface area contributed by atoms with Crippen LogP contribution in [0.5, 0.6) is 11.5 Å². The molecular formula is C17H17NO5. The number of aliphatic hydroxyl groups is 1. The van der Waals surface area contributed by atoms with Gasteiger partial charge in [-0.15, -0.1) is 0 Å². The van der Waals surface area contributed by atoms with Crippen molar-refractivity contribution in [1.29, 1.82) is 0 Å². The number of benzene rings is 1. The number of nitrogens with zero attached hydrogens (tertiary/aromatic N) is 1. The number of aliphatic imine (C=N–C) groups is 1. The molecule has 0 spiro atoms. The molecule has 1 N–H and O–H groups in total. The standard InChI is InChI=1S/C17H17NO5/c1-3-21-17(20)15-10(2)18-12(16(15)19)8-11-4-5-13-14(9-11)23-7-6-22-13/h4-5,8-9,19H,3,6-7H2,1-2H3/b12-8+. The Hall–Kier alpha value is -2.76. The first-order valence-electron chi connectivity index (χ1n) is 7.38. The molecule has 0 saturated heterocycles. The molecule has 0 fully saturated rings. The second-order valence-corrected chi connectivity index (χ2v) is 5.07. The molecule has 0 unspecified atom stereocenters. The number of carbonyl (C=O) groups is 1. The first-order chi connectivity index (χ1) is 11.1. The van der Waals surface area contributed by atoms with Gasteiger partial charge < -0.3 is 19.3 Å². The zero-order chi connectivity index (χ0) is 16.4. The van der Waals surface area contributed by atoms with Crippen LogP contribution >= 0.6 is 0 Å². The van der Waals surface area contributed by atoms with Crippen molar-refractivity contribution in [3.63, 3.8) is 0 Å². The van der Waals surface area contributed by atoms with Crippen LogP contribution in [0.1, 0.15) is 19.4 Å². The average Bonchev–Trinajstić information content (AvgIpc) is 2.81. The van der Waals surface area contributed by atoms with E-state index in [1.165, 1.54) is 0 Å². The van der Waals surface area contributed by atoms with Gasteiger partial charge in [-0.05, 0) is 37.6 Å². The zero-order valence-electron chi connectivity index (χ0n) is 13.0. The number of esters is 1. The van der Waals surface area contributed by atoms with Gasteiger partial charge in [-0.2, -0.15) is 0 Å². The van der Waals surface area contributed by atoms with Crippen molar-refractivity contribution in [1.82, 2.24) is 0 Å². The Kier molecular flexibility index (Phi) is 4.06. The third kappa shape index (κ3) is 2.92. The molecule has 6 heteroatoms. The second kappa shape index (κ2) is 6.16. The quantitative estimate of drug-likeness (QED) is 0.868. The molecule has 0 aliphatic carbocycles. The van der Waals surface area contributed by atoms with Crippen LogP contribution in [0.25, 0.3) is 6.08 Å². The molecule has 0 radical (unpaired) electrons. The average molecular weight is 315 g/mol. The highest BCUT2D eigenvalue weighted by Crippen LogP contribution is 2.33. The summed E-state index contributed by atoms with van der Waals surface area (Å²) in [4.78, 5) is 16.1. The Balaban J connectivity index is 1.93. The summed E-state index contributed by atoms with van der Waals surface area (Å²) in [5, 5.41) is 10.3. The summed E-state index contributed by atoms with van der Waals surface area (Å²) in [6.07, 6.45) is 1.68. The van der Waals surface area contributed by atoms with Gasteiger partial charge in [0.25, 0.3) is 0 Å². The predicted octanol–water partition coefficient (Wildman–Crippen LogP) is 2.65. The lowest BCUT2D eigenvalue weighted by atomic mass is 10.1. The van der Waals surface area contributed by atoms with Crippen LogP contribution in [0.15, 0.2) is 40.2 Å². The molecule has 3 rings (SSSR count). The molecule has 0 amide bonds. The Bertz CT molecular complexity index is 745.